The molecule has 30 heavy (non-hydrogen) atoms. The first-order valence-electron chi connectivity index (χ1n) is 9.86. The Kier molecular flexibility index (Phi) is 6.48. The number of benzene rings is 2. The highest BCUT2D eigenvalue weighted by molar-refractivity contribution is 8.00. The number of hydrogen-bond acceptors (Lipinski definition) is 5. The molecule has 1 saturated heterocycles. The van der Waals surface area contributed by atoms with E-state index in [1.165, 1.54) is 5.56 Å². The lowest BCUT2D eigenvalue weighted by molar-refractivity contribution is -0.147. The number of halogens is 1. The summed E-state index contributed by atoms with van der Waals surface area (Å²) in [5.41, 5.74) is 3.35. The Labute approximate surface area is 189 Å². The number of carboxylic acid groups (broad SMARTS) is 1. The average molecular weight is 459 g/mol. The van der Waals surface area contributed by atoms with E-state index in [0.29, 0.717) is 18.3 Å². The van der Waals surface area contributed by atoms with Gasteiger partial charge in [0.25, 0.3) is 0 Å². The second kappa shape index (κ2) is 9.10. The number of carboxylic acids is 1. The molecule has 1 fully saturated rings. The zero-order chi connectivity index (χ0) is 21.3. The van der Waals surface area contributed by atoms with Crippen molar-refractivity contribution in [3.63, 3.8) is 0 Å². The quantitative estimate of drug-likeness (QED) is 0.430. The van der Waals surface area contributed by atoms with Crippen LogP contribution in [0, 0.1) is 5.92 Å². The van der Waals surface area contributed by atoms with Gasteiger partial charge < -0.3 is 5.11 Å². The lowest BCUT2D eigenvalue weighted by atomic mass is 9.99. The summed E-state index contributed by atoms with van der Waals surface area (Å²) in [6, 6.07) is 14.6. The molecule has 4 rings (SSSR count). The van der Waals surface area contributed by atoms with Gasteiger partial charge in [0.1, 0.15) is 5.01 Å². The second-order valence-electron chi connectivity index (χ2n) is 7.77. The Hall–Kier alpha value is -1.86. The fraction of sp³-hybridized carbons (Fsp3) is 0.304. The molecule has 0 aliphatic carbocycles. The predicted octanol–water partition coefficient (Wildman–Crippen LogP) is 6.15. The molecular weight excluding hydrogens is 436 g/mol. The van der Waals surface area contributed by atoms with Crippen LogP contribution < -0.4 is 0 Å². The highest BCUT2D eigenvalue weighted by atomic mass is 35.5. The molecule has 0 unspecified atom stereocenters. The van der Waals surface area contributed by atoms with Crippen molar-refractivity contribution in [1.29, 1.82) is 0 Å². The summed E-state index contributed by atoms with van der Waals surface area (Å²) in [6.07, 6.45) is 1.90. The highest BCUT2D eigenvalue weighted by Gasteiger charge is 2.32. The van der Waals surface area contributed by atoms with E-state index in [1.54, 1.807) is 23.1 Å². The highest BCUT2D eigenvalue weighted by Crippen LogP contribution is 2.37. The second-order valence-corrected chi connectivity index (χ2v) is 10.8. The fourth-order valence-corrected chi connectivity index (χ4v) is 5.47. The van der Waals surface area contributed by atoms with Crippen LogP contribution in [0.25, 0.3) is 21.0 Å². The summed E-state index contributed by atoms with van der Waals surface area (Å²) in [7, 11) is 0. The molecule has 0 spiro atoms. The van der Waals surface area contributed by atoms with Crippen molar-refractivity contribution in [2.24, 2.45) is 5.92 Å². The van der Waals surface area contributed by atoms with E-state index < -0.39 is 5.97 Å². The van der Waals surface area contributed by atoms with Crippen molar-refractivity contribution in [1.82, 2.24) is 9.88 Å². The molecule has 0 radical (unpaired) electrons. The van der Waals surface area contributed by atoms with Gasteiger partial charge in [-0.1, -0.05) is 55.8 Å². The van der Waals surface area contributed by atoms with Gasteiger partial charge in [-0.2, -0.15) is 0 Å². The molecule has 0 amide bonds. The monoisotopic (exact) mass is 458 g/mol. The van der Waals surface area contributed by atoms with Crippen LogP contribution in [0.2, 0.25) is 5.02 Å². The molecule has 2 aromatic carbocycles. The molecule has 0 saturated carbocycles. The smallest absolute Gasteiger partial charge is 0.309 e. The van der Waals surface area contributed by atoms with Crippen LogP contribution in [-0.2, 0) is 11.3 Å². The normalized spacial score (nSPS) is 14.8. The van der Waals surface area contributed by atoms with Crippen molar-refractivity contribution < 1.29 is 9.90 Å². The summed E-state index contributed by atoms with van der Waals surface area (Å²) >= 11 is 9.90. The van der Waals surface area contributed by atoms with Crippen molar-refractivity contribution >= 4 is 40.7 Å². The first-order valence-corrected chi connectivity index (χ1v) is 11.9. The summed E-state index contributed by atoms with van der Waals surface area (Å²) in [6.45, 7) is 6.36. The molecule has 1 N–H and O–H groups in total. The number of nitrogens with zero attached hydrogens (tertiary/aromatic N) is 2. The van der Waals surface area contributed by atoms with Crippen LogP contribution in [0.15, 0.2) is 53.6 Å². The largest absolute Gasteiger partial charge is 0.481 e. The van der Waals surface area contributed by atoms with E-state index in [4.69, 9.17) is 16.7 Å². The van der Waals surface area contributed by atoms with E-state index in [9.17, 15) is 4.79 Å². The minimum atomic E-state index is -0.698. The number of carbonyl (C=O) groups is 1. The molecule has 1 aliphatic heterocycles. The minimum absolute atomic E-state index is 0.218. The molecule has 0 atom stereocenters. The zero-order valence-corrected chi connectivity index (χ0v) is 19.2. The molecule has 0 bridgehead atoms. The van der Waals surface area contributed by atoms with Crippen LogP contribution in [0.4, 0.5) is 0 Å². The molecule has 156 valence electrons. The minimum Gasteiger partial charge on any atom is -0.481 e. The molecule has 4 nitrogen and oxygen atoms in total. The van der Waals surface area contributed by atoms with E-state index in [0.717, 1.165) is 37.5 Å². The maximum absolute atomic E-state index is 10.9. The molecule has 3 aromatic rings. The van der Waals surface area contributed by atoms with Crippen molar-refractivity contribution in [2.75, 3.05) is 13.1 Å². The summed E-state index contributed by atoms with van der Waals surface area (Å²) < 4.78 is 0. The maximum atomic E-state index is 10.9. The predicted molar refractivity (Wildman–Crippen MR) is 125 cm³/mol. The van der Waals surface area contributed by atoms with Crippen molar-refractivity contribution in [3.05, 3.63) is 59.2 Å². The van der Waals surface area contributed by atoms with Gasteiger partial charge in [0.15, 0.2) is 0 Å². The Morgan fingerprint density at radius 1 is 1.23 bits per heavy atom. The Balaban J connectivity index is 1.43. The third-order valence-electron chi connectivity index (χ3n) is 5.00. The molecule has 1 aliphatic rings. The third-order valence-corrected chi connectivity index (χ3v) is 7.60. The lowest BCUT2D eigenvalue weighted by Crippen LogP contribution is -2.49. The first-order chi connectivity index (χ1) is 14.4. The van der Waals surface area contributed by atoms with Gasteiger partial charge in [0.2, 0.25) is 0 Å². The van der Waals surface area contributed by atoms with Crippen LogP contribution in [0.1, 0.15) is 19.4 Å². The Morgan fingerprint density at radius 3 is 2.57 bits per heavy atom. The topological polar surface area (TPSA) is 53.4 Å². The van der Waals surface area contributed by atoms with E-state index in [-0.39, 0.29) is 5.92 Å². The lowest BCUT2D eigenvalue weighted by Gasteiger charge is -2.36. The van der Waals surface area contributed by atoms with Gasteiger partial charge in [0.05, 0.1) is 15.8 Å². The number of thioether (sulfide) groups is 1. The van der Waals surface area contributed by atoms with Gasteiger partial charge in [-0.3, -0.25) is 9.69 Å². The number of hydrogen-bond donors (Lipinski definition) is 1. The number of likely N-dealkylation sites (tertiary alicyclic amines) is 1. The van der Waals surface area contributed by atoms with Crippen LogP contribution in [0.3, 0.4) is 0 Å². The van der Waals surface area contributed by atoms with Gasteiger partial charge in [-0.25, -0.2) is 4.98 Å². The van der Waals surface area contributed by atoms with Gasteiger partial charge in [0, 0.05) is 41.5 Å². The molecule has 7 heteroatoms. The summed E-state index contributed by atoms with van der Waals surface area (Å²) in [5.74, 6) is -0.916. The standard InChI is InChI=1S/C23H23ClN2O2S2/c1-14(2)29-20-8-7-17(9-19(20)24)21-10-25-22(30-21)16-5-3-15(4-6-16)11-26-12-18(13-26)23(27)28/h3-10,14,18H,11-13H2,1-2H3,(H,27,28). The maximum Gasteiger partial charge on any atom is 0.309 e. The van der Waals surface area contributed by atoms with Gasteiger partial charge >= 0.3 is 5.97 Å². The molecule has 2 heterocycles. The Morgan fingerprint density at radius 2 is 1.93 bits per heavy atom. The third kappa shape index (κ3) is 4.89. The number of aliphatic carboxylic acids is 1. The van der Waals surface area contributed by atoms with E-state index in [2.05, 4.69) is 60.1 Å². The molecule has 1 aromatic heterocycles. The number of rotatable bonds is 7. The van der Waals surface area contributed by atoms with Gasteiger partial charge in [-0.15, -0.1) is 23.1 Å². The average Bonchev–Trinajstić information content (AvgIpc) is 3.16. The SMILES string of the molecule is CC(C)Sc1ccc(-c2cnc(-c3ccc(CN4CC(C(=O)O)C4)cc3)s2)cc1Cl. The van der Waals surface area contributed by atoms with Crippen molar-refractivity contribution in [3.8, 4) is 21.0 Å². The Bertz CT molecular complexity index is 1040. The van der Waals surface area contributed by atoms with Crippen LogP contribution in [-0.4, -0.2) is 39.3 Å². The van der Waals surface area contributed by atoms with Crippen LogP contribution in [0.5, 0.6) is 0 Å². The zero-order valence-electron chi connectivity index (χ0n) is 16.8. The molecular formula is C23H23ClN2O2S2. The summed E-state index contributed by atoms with van der Waals surface area (Å²) in [4.78, 5) is 19.9. The van der Waals surface area contributed by atoms with Crippen molar-refractivity contribution in [2.45, 2.75) is 30.5 Å². The van der Waals surface area contributed by atoms with E-state index >= 15 is 0 Å². The van der Waals surface area contributed by atoms with Crippen LogP contribution >= 0.6 is 34.7 Å². The van der Waals surface area contributed by atoms with Gasteiger partial charge in [-0.05, 0) is 23.3 Å². The first kappa shape index (κ1) is 21.4. The number of aromatic nitrogens is 1. The summed E-state index contributed by atoms with van der Waals surface area (Å²) in [5, 5.41) is 11.2. The fourth-order valence-electron chi connectivity index (χ4n) is 3.41. The van der Waals surface area contributed by atoms with E-state index in [1.807, 2.05) is 12.3 Å². The number of thiazole rings is 1.